The third-order valence-corrected chi connectivity index (χ3v) is 6.57. The molecule has 0 saturated carbocycles. The first-order chi connectivity index (χ1) is 17.0. The molecule has 2 bridgehead atoms. The molecular weight excluding hydrogens is 456 g/mol. The van der Waals surface area contributed by atoms with Crippen LogP contribution in [0.1, 0.15) is 112 Å². The Hall–Kier alpha value is -1.40. The lowest BCUT2D eigenvalue weighted by molar-refractivity contribution is 0.194. The number of ether oxygens (including phenoxy) is 1. The van der Waals surface area contributed by atoms with Gasteiger partial charge in [0.05, 0.1) is 12.4 Å². The van der Waals surface area contributed by atoms with E-state index in [1.54, 1.807) is 18.0 Å². The molecule has 35 heavy (non-hydrogen) atoms. The Morgan fingerprint density at radius 2 is 1.91 bits per heavy atom. The van der Waals surface area contributed by atoms with Crippen LogP contribution in [0.3, 0.4) is 0 Å². The van der Waals surface area contributed by atoms with Gasteiger partial charge in [-0.2, -0.15) is 0 Å². The number of hydrogen-bond acceptors (Lipinski definition) is 4. The van der Waals surface area contributed by atoms with E-state index in [-0.39, 0.29) is 0 Å². The average molecular weight is 513 g/mol. The number of hydrogen-bond donors (Lipinski definition) is 2. The van der Waals surface area contributed by atoms with E-state index in [1.165, 1.54) is 49.9 Å². The maximum absolute atomic E-state index is 10.5. The summed E-state index contributed by atoms with van der Waals surface area (Å²) in [5.74, 6) is 2.06. The molecule has 0 aromatic heterocycles. The van der Waals surface area contributed by atoms with Gasteiger partial charge in [0.2, 0.25) is 0 Å². The predicted molar refractivity (Wildman–Crippen MR) is 156 cm³/mol. The monoisotopic (exact) mass is 512 g/mol. The average Bonchev–Trinajstić information content (AvgIpc) is 2.86. The molecule has 6 heteroatoms. The molecule has 1 heterocycles. The van der Waals surface area contributed by atoms with Crippen molar-refractivity contribution in [2.45, 2.75) is 112 Å². The lowest BCUT2D eigenvalue weighted by Crippen LogP contribution is -2.26. The number of allylic oxidation sites excluding steroid dienone is 4. The highest BCUT2D eigenvalue weighted by Gasteiger charge is 2.13. The van der Waals surface area contributed by atoms with Gasteiger partial charge >= 0.3 is 6.09 Å². The van der Waals surface area contributed by atoms with Crippen LogP contribution in [-0.2, 0) is 4.74 Å². The van der Waals surface area contributed by atoms with Crippen LogP contribution in [0.2, 0.25) is 0 Å². The fourth-order valence-corrected chi connectivity index (χ4v) is 4.56. The first-order valence-corrected chi connectivity index (χ1v) is 14.7. The third kappa shape index (κ3) is 24.1. The number of fused-ring (bicyclic) bond motifs is 1. The molecule has 0 aromatic carbocycles. The lowest BCUT2D eigenvalue weighted by atomic mass is 10.0. The van der Waals surface area contributed by atoms with Crippen molar-refractivity contribution in [3.05, 3.63) is 35.5 Å². The van der Waals surface area contributed by atoms with Crippen molar-refractivity contribution in [2.24, 2.45) is 5.92 Å². The molecule has 1 amide bonds. The number of amides is 1. The molecule has 1 aliphatic heterocycles. The van der Waals surface area contributed by atoms with Gasteiger partial charge in [-0.1, -0.05) is 85.3 Å². The second-order valence-electron chi connectivity index (χ2n) is 8.69. The fraction of sp³-hybridized carbons (Fsp3) is 0.759. The number of carboxylic acid groups (broad SMARTS) is 1. The van der Waals surface area contributed by atoms with Crippen molar-refractivity contribution in [2.75, 3.05) is 26.2 Å². The van der Waals surface area contributed by atoms with Crippen molar-refractivity contribution < 1.29 is 14.6 Å². The topological polar surface area (TPSA) is 61.8 Å². The van der Waals surface area contributed by atoms with Crippen LogP contribution in [0.4, 0.5) is 4.79 Å². The summed E-state index contributed by atoms with van der Waals surface area (Å²) in [5.41, 5.74) is 0. The normalized spacial score (nSPS) is 17.1. The second kappa shape index (κ2) is 27.2. The zero-order valence-electron chi connectivity index (χ0n) is 23.7. The Bertz CT molecular complexity index is 564. The first kappa shape index (κ1) is 35.8. The van der Waals surface area contributed by atoms with Crippen molar-refractivity contribution in [3.63, 3.8) is 0 Å². The van der Waals surface area contributed by atoms with E-state index in [4.69, 9.17) is 9.84 Å². The number of rotatable bonds is 7. The van der Waals surface area contributed by atoms with Crippen LogP contribution in [0, 0.1) is 5.92 Å². The Labute approximate surface area is 222 Å². The van der Waals surface area contributed by atoms with Gasteiger partial charge in [-0.15, -0.1) is 6.58 Å². The minimum Gasteiger partial charge on any atom is -0.498 e. The maximum Gasteiger partial charge on any atom is 0.404 e. The largest absolute Gasteiger partial charge is 0.498 e. The summed E-state index contributed by atoms with van der Waals surface area (Å²) in [6, 6.07) is 0. The van der Waals surface area contributed by atoms with Crippen LogP contribution in [0.15, 0.2) is 35.5 Å². The quantitative estimate of drug-likeness (QED) is 0.202. The van der Waals surface area contributed by atoms with Gasteiger partial charge in [-0.3, -0.25) is 0 Å². The van der Waals surface area contributed by atoms with Gasteiger partial charge in [0.25, 0.3) is 0 Å². The highest BCUT2D eigenvalue weighted by molar-refractivity contribution is 8.01. The molecule has 1 atom stereocenters. The SMILES string of the molecule is C=CC.CC.CCCC(C)CC.O=C(O)NCCCN1CCCCCCCOC2=CC(=CCC2)S1. The minimum absolute atomic E-state index is 0.510. The molecule has 0 spiro atoms. The molecule has 1 unspecified atom stereocenters. The lowest BCUT2D eigenvalue weighted by Gasteiger charge is -2.23. The molecule has 206 valence electrons. The molecule has 0 radical (unpaired) electrons. The van der Waals surface area contributed by atoms with Gasteiger partial charge in [-0.05, 0) is 56.5 Å². The standard InChI is InChI=1S/C17H28N2O3S.C7H16.C3H6.C2H6/c20-17(21)18-10-7-12-19-11-4-2-1-3-5-13-22-15-8-6-9-16(14-15)23-19;1-4-6-7(3)5-2;1-3-2;1-2/h9,14,18H,1-8,10-13H2,(H,20,21);7H,4-6H2,1-3H3;3H,1H2,2H3;1-2H3. The highest BCUT2D eigenvalue weighted by Crippen LogP contribution is 2.30. The van der Waals surface area contributed by atoms with Crippen LogP contribution in [0.5, 0.6) is 0 Å². The molecule has 2 N–H and O–H groups in total. The zero-order chi connectivity index (χ0) is 26.7. The number of nitrogens with zero attached hydrogens (tertiary/aromatic N) is 1. The molecule has 1 aliphatic carbocycles. The molecule has 0 aromatic rings. The zero-order valence-corrected chi connectivity index (χ0v) is 24.6. The summed E-state index contributed by atoms with van der Waals surface area (Å²) in [6.45, 7) is 19.4. The Morgan fingerprint density at radius 1 is 1.26 bits per heavy atom. The number of nitrogens with one attached hydrogen (secondary N) is 1. The van der Waals surface area contributed by atoms with Crippen molar-refractivity contribution in [3.8, 4) is 0 Å². The summed E-state index contributed by atoms with van der Waals surface area (Å²) < 4.78 is 8.27. The van der Waals surface area contributed by atoms with E-state index in [0.29, 0.717) is 6.54 Å². The molecule has 2 rings (SSSR count). The van der Waals surface area contributed by atoms with Crippen molar-refractivity contribution in [1.82, 2.24) is 9.62 Å². The van der Waals surface area contributed by atoms with Gasteiger partial charge in [0.15, 0.2) is 0 Å². The summed E-state index contributed by atoms with van der Waals surface area (Å²) in [5, 5.41) is 11.1. The van der Waals surface area contributed by atoms with Crippen molar-refractivity contribution in [1.29, 1.82) is 0 Å². The van der Waals surface area contributed by atoms with E-state index >= 15 is 0 Å². The molecule has 2 aliphatic rings. The van der Waals surface area contributed by atoms with Crippen LogP contribution in [0.25, 0.3) is 0 Å². The van der Waals surface area contributed by atoms with Crippen LogP contribution < -0.4 is 5.32 Å². The van der Waals surface area contributed by atoms with E-state index in [0.717, 1.165) is 57.1 Å². The van der Waals surface area contributed by atoms with Crippen LogP contribution >= 0.6 is 11.9 Å². The van der Waals surface area contributed by atoms with E-state index < -0.39 is 6.09 Å². The van der Waals surface area contributed by atoms with E-state index in [9.17, 15) is 4.79 Å². The summed E-state index contributed by atoms with van der Waals surface area (Å²) >= 11 is 1.79. The van der Waals surface area contributed by atoms with Crippen molar-refractivity contribution >= 4 is 18.0 Å². The predicted octanol–water partition coefficient (Wildman–Crippen LogP) is 9.19. The third-order valence-electron chi connectivity index (χ3n) is 5.45. The second-order valence-corrected chi connectivity index (χ2v) is 9.86. The van der Waals surface area contributed by atoms with Gasteiger partial charge in [0, 0.05) is 31.0 Å². The summed E-state index contributed by atoms with van der Waals surface area (Å²) in [4.78, 5) is 11.8. The summed E-state index contributed by atoms with van der Waals surface area (Å²) in [6.07, 6.45) is 18.3. The Balaban J connectivity index is 0. The van der Waals surface area contributed by atoms with Gasteiger partial charge in [-0.25, -0.2) is 9.10 Å². The van der Waals surface area contributed by atoms with Gasteiger partial charge < -0.3 is 15.2 Å². The van der Waals surface area contributed by atoms with E-state index in [1.807, 2.05) is 20.8 Å². The number of carbonyl (C=O) groups is 1. The highest BCUT2D eigenvalue weighted by atomic mass is 32.2. The summed E-state index contributed by atoms with van der Waals surface area (Å²) in [7, 11) is 0. The molecular formula is C29H56N2O3S. The maximum atomic E-state index is 10.5. The minimum atomic E-state index is -0.942. The van der Waals surface area contributed by atoms with E-state index in [2.05, 4.69) is 49.1 Å². The molecule has 0 fully saturated rings. The molecule has 5 nitrogen and oxygen atoms in total. The fourth-order valence-electron chi connectivity index (χ4n) is 3.45. The Morgan fingerprint density at radius 3 is 2.51 bits per heavy atom. The first-order valence-electron chi connectivity index (χ1n) is 14.0. The molecule has 0 saturated heterocycles. The Kier molecular flexibility index (Phi) is 27.8. The smallest absolute Gasteiger partial charge is 0.404 e. The van der Waals surface area contributed by atoms with Gasteiger partial charge in [0.1, 0.15) is 0 Å². The van der Waals surface area contributed by atoms with Crippen LogP contribution in [-0.4, -0.2) is 41.7 Å².